The van der Waals surface area contributed by atoms with Crippen LogP contribution in [0, 0.1) is 0 Å². The summed E-state index contributed by atoms with van der Waals surface area (Å²) in [5, 5.41) is 17.0. The molecule has 0 bridgehead atoms. The van der Waals surface area contributed by atoms with Gasteiger partial charge in [0.25, 0.3) is 17.7 Å². The van der Waals surface area contributed by atoms with Crippen LogP contribution in [-0.2, 0) is 9.59 Å². The second-order valence-electron chi connectivity index (χ2n) is 8.54. The minimum Gasteiger partial charge on any atom is -0.505 e. The Morgan fingerprint density at radius 3 is 2.27 bits per heavy atom. The molecule has 1 heterocycles. The van der Waals surface area contributed by atoms with E-state index < -0.39 is 11.8 Å². The highest BCUT2D eigenvalue weighted by atomic mass is 16.3. The van der Waals surface area contributed by atoms with Gasteiger partial charge in [-0.2, -0.15) is 0 Å². The fraction of sp³-hybridized carbons (Fsp3) is 0.320. The van der Waals surface area contributed by atoms with Gasteiger partial charge in [-0.3, -0.25) is 14.4 Å². The molecule has 2 aromatic rings. The lowest BCUT2D eigenvalue weighted by Gasteiger charge is -2.24. The number of carbonyl (C=O) groups is 3. The molecule has 33 heavy (non-hydrogen) atoms. The van der Waals surface area contributed by atoms with Gasteiger partial charge in [0.2, 0.25) is 0 Å². The van der Waals surface area contributed by atoms with Crippen molar-refractivity contribution in [1.29, 1.82) is 0 Å². The van der Waals surface area contributed by atoms with Crippen molar-refractivity contribution in [3.8, 4) is 5.75 Å². The maximum atomic E-state index is 13.4. The lowest BCUT2D eigenvalue weighted by Crippen LogP contribution is -2.37. The Hall–Kier alpha value is -3.81. The average molecular weight is 449 g/mol. The Bertz CT molecular complexity index is 1100. The quantitative estimate of drug-likeness (QED) is 0.463. The third-order valence-electron chi connectivity index (χ3n) is 5.98. The summed E-state index contributed by atoms with van der Waals surface area (Å²) in [5.74, 6) is -1.61. The maximum Gasteiger partial charge on any atom is 0.284 e. The predicted molar refractivity (Wildman–Crippen MR) is 126 cm³/mol. The molecule has 8 heteroatoms. The van der Waals surface area contributed by atoms with Crippen LogP contribution in [0.2, 0.25) is 0 Å². The molecule has 3 N–H and O–H groups in total. The molecular weight excluding hydrogens is 420 g/mol. The molecule has 0 radical (unpaired) electrons. The van der Waals surface area contributed by atoms with E-state index in [0.29, 0.717) is 5.69 Å². The van der Waals surface area contributed by atoms with Crippen LogP contribution < -0.4 is 15.5 Å². The highest BCUT2D eigenvalue weighted by Gasteiger charge is 2.41. The number of nitrogens with zero attached hydrogens (tertiary/aromatic N) is 2. The monoisotopic (exact) mass is 448 g/mol. The molecule has 0 spiro atoms. The van der Waals surface area contributed by atoms with Crippen molar-refractivity contribution in [2.75, 3.05) is 24.3 Å². The number of rotatable bonds is 6. The minimum absolute atomic E-state index is 0.0548. The van der Waals surface area contributed by atoms with E-state index in [1.165, 1.54) is 11.0 Å². The van der Waals surface area contributed by atoms with Crippen molar-refractivity contribution in [2.45, 2.75) is 38.1 Å². The Labute approximate surface area is 192 Å². The maximum absolute atomic E-state index is 13.4. The molecule has 1 aliphatic heterocycles. The second kappa shape index (κ2) is 9.36. The highest BCUT2D eigenvalue weighted by Crippen LogP contribution is 2.33. The first-order valence-electron chi connectivity index (χ1n) is 11.1. The van der Waals surface area contributed by atoms with Gasteiger partial charge in [0.1, 0.15) is 11.4 Å². The topological polar surface area (TPSA) is 102 Å². The van der Waals surface area contributed by atoms with Gasteiger partial charge in [-0.15, -0.1) is 0 Å². The SMILES string of the molecule is CN(C)C(=O)c1cccc(NC2=C(NC3CCCCC3)C(=O)N(c3ccccc3)C2=O)c1O. The van der Waals surface area contributed by atoms with E-state index in [2.05, 4.69) is 10.6 Å². The third kappa shape index (κ3) is 4.41. The summed E-state index contributed by atoms with van der Waals surface area (Å²) in [6.07, 6.45) is 5.12. The number of hydrogen-bond donors (Lipinski definition) is 3. The highest BCUT2D eigenvalue weighted by molar-refractivity contribution is 6.33. The molecule has 1 fully saturated rings. The van der Waals surface area contributed by atoms with Crippen molar-refractivity contribution >= 4 is 29.1 Å². The zero-order valence-electron chi connectivity index (χ0n) is 18.8. The zero-order valence-corrected chi connectivity index (χ0v) is 18.8. The molecule has 4 rings (SSSR count). The predicted octanol–water partition coefficient (Wildman–Crippen LogP) is 3.21. The number of benzene rings is 2. The Kier molecular flexibility index (Phi) is 6.35. The van der Waals surface area contributed by atoms with Gasteiger partial charge in [0.05, 0.1) is 16.9 Å². The number of hydrogen-bond acceptors (Lipinski definition) is 6. The van der Waals surface area contributed by atoms with Crippen molar-refractivity contribution in [1.82, 2.24) is 10.2 Å². The summed E-state index contributed by atoms with van der Waals surface area (Å²) >= 11 is 0. The van der Waals surface area contributed by atoms with Gasteiger partial charge in [-0.05, 0) is 37.1 Å². The van der Waals surface area contributed by atoms with Crippen LogP contribution in [0.3, 0.4) is 0 Å². The van der Waals surface area contributed by atoms with E-state index in [1.807, 2.05) is 6.07 Å². The van der Waals surface area contributed by atoms with E-state index in [9.17, 15) is 19.5 Å². The van der Waals surface area contributed by atoms with Gasteiger partial charge >= 0.3 is 0 Å². The molecule has 0 saturated heterocycles. The molecule has 8 nitrogen and oxygen atoms in total. The summed E-state index contributed by atoms with van der Waals surface area (Å²) < 4.78 is 0. The Morgan fingerprint density at radius 2 is 1.61 bits per heavy atom. The van der Waals surface area contributed by atoms with Crippen molar-refractivity contribution in [3.05, 3.63) is 65.5 Å². The number of carbonyl (C=O) groups excluding carboxylic acids is 3. The van der Waals surface area contributed by atoms with Crippen LogP contribution in [0.5, 0.6) is 5.75 Å². The molecule has 172 valence electrons. The van der Waals surface area contributed by atoms with Crippen LogP contribution in [0.25, 0.3) is 0 Å². The van der Waals surface area contributed by atoms with Crippen molar-refractivity contribution < 1.29 is 19.5 Å². The molecule has 0 atom stereocenters. The molecule has 0 aromatic heterocycles. The average Bonchev–Trinajstić information content (AvgIpc) is 3.05. The standard InChI is InChI=1S/C25H28N4O4/c1-28(2)23(31)18-14-9-15-19(22(18)30)27-21-20(26-16-10-5-3-6-11-16)24(32)29(25(21)33)17-12-7-4-8-13-17/h4,7-9,12-16,26-27,30H,3,5-6,10-11H2,1-2H3. The number of phenols is 1. The first kappa shape index (κ1) is 22.4. The number of phenolic OH excluding ortho intramolecular Hbond substituents is 1. The van der Waals surface area contributed by atoms with Gasteiger partial charge in [-0.25, -0.2) is 4.90 Å². The summed E-state index contributed by atoms with van der Waals surface area (Å²) in [5.41, 5.74) is 0.979. The largest absolute Gasteiger partial charge is 0.505 e. The first-order chi connectivity index (χ1) is 15.9. The molecule has 1 aliphatic carbocycles. The normalized spacial score (nSPS) is 16.8. The molecule has 2 aliphatic rings. The lowest BCUT2D eigenvalue weighted by molar-refractivity contribution is -0.120. The van der Waals surface area contributed by atoms with Gasteiger partial charge < -0.3 is 20.6 Å². The van der Waals surface area contributed by atoms with E-state index in [4.69, 9.17) is 0 Å². The zero-order chi connectivity index (χ0) is 23.5. The molecular formula is C25H28N4O4. The van der Waals surface area contributed by atoms with Gasteiger partial charge in [-0.1, -0.05) is 43.5 Å². The van der Waals surface area contributed by atoms with Crippen LogP contribution in [0.1, 0.15) is 42.5 Å². The first-order valence-corrected chi connectivity index (χ1v) is 11.1. The molecule has 0 unspecified atom stereocenters. The third-order valence-corrected chi connectivity index (χ3v) is 5.98. The fourth-order valence-electron chi connectivity index (χ4n) is 4.23. The smallest absolute Gasteiger partial charge is 0.284 e. The fourth-order valence-corrected chi connectivity index (χ4v) is 4.23. The second-order valence-corrected chi connectivity index (χ2v) is 8.54. The number of nitrogens with one attached hydrogen (secondary N) is 2. The van der Waals surface area contributed by atoms with Crippen LogP contribution in [0.4, 0.5) is 11.4 Å². The molecule has 1 saturated carbocycles. The van der Waals surface area contributed by atoms with Gasteiger partial charge in [0.15, 0.2) is 5.75 Å². The van der Waals surface area contributed by atoms with Crippen LogP contribution >= 0.6 is 0 Å². The number of amides is 3. The Morgan fingerprint density at radius 1 is 0.939 bits per heavy atom. The lowest BCUT2D eigenvalue weighted by atomic mass is 9.95. The van der Waals surface area contributed by atoms with E-state index in [-0.39, 0.29) is 40.3 Å². The number of para-hydroxylation sites is 2. The summed E-state index contributed by atoms with van der Waals surface area (Å²) in [7, 11) is 3.18. The minimum atomic E-state index is -0.520. The van der Waals surface area contributed by atoms with Crippen LogP contribution in [-0.4, -0.2) is 47.9 Å². The number of anilines is 2. The van der Waals surface area contributed by atoms with Gasteiger partial charge in [0, 0.05) is 20.1 Å². The van der Waals surface area contributed by atoms with Crippen molar-refractivity contribution in [3.63, 3.8) is 0 Å². The number of aromatic hydroxyl groups is 1. The Balaban J connectivity index is 1.72. The van der Waals surface area contributed by atoms with Crippen molar-refractivity contribution in [2.24, 2.45) is 0 Å². The summed E-state index contributed by atoms with van der Waals surface area (Å²) in [4.78, 5) is 41.7. The molecule has 2 aromatic carbocycles. The summed E-state index contributed by atoms with van der Waals surface area (Å²) in [6, 6.07) is 13.5. The van der Waals surface area contributed by atoms with E-state index in [1.54, 1.807) is 50.5 Å². The number of imide groups is 1. The van der Waals surface area contributed by atoms with E-state index in [0.717, 1.165) is 37.0 Å². The van der Waals surface area contributed by atoms with Crippen LogP contribution in [0.15, 0.2) is 59.9 Å². The summed E-state index contributed by atoms with van der Waals surface area (Å²) in [6.45, 7) is 0. The molecule has 3 amide bonds. The van der Waals surface area contributed by atoms with E-state index >= 15 is 0 Å².